The maximum absolute atomic E-state index is 10.8. The van der Waals surface area contributed by atoms with Gasteiger partial charge in [-0.3, -0.25) is 0 Å². The van der Waals surface area contributed by atoms with Crippen molar-refractivity contribution in [1.82, 2.24) is 4.90 Å². The van der Waals surface area contributed by atoms with Crippen LogP contribution in [0.5, 0.6) is 5.75 Å². The van der Waals surface area contributed by atoms with Crippen molar-refractivity contribution in [3.63, 3.8) is 0 Å². The Morgan fingerprint density at radius 3 is 2.88 bits per heavy atom. The molecule has 1 atom stereocenters. The average molecular weight is 221 g/mol. The average Bonchev–Trinajstić information content (AvgIpc) is 2.27. The van der Waals surface area contributed by atoms with Crippen LogP contribution in [-0.2, 0) is 6.42 Å². The van der Waals surface area contributed by atoms with Crippen molar-refractivity contribution >= 4 is 5.97 Å². The molecule has 0 radical (unpaired) electrons. The largest absolute Gasteiger partial charge is 0.492 e. The van der Waals surface area contributed by atoms with Crippen LogP contribution >= 0.6 is 0 Å². The second-order valence-corrected chi connectivity index (χ2v) is 4.26. The van der Waals surface area contributed by atoms with E-state index in [1.807, 2.05) is 20.2 Å². The number of rotatable bonds is 2. The van der Waals surface area contributed by atoms with Crippen LogP contribution in [0.25, 0.3) is 0 Å². The third kappa shape index (κ3) is 2.02. The zero-order valence-corrected chi connectivity index (χ0v) is 9.43. The molecular formula is C12H15NO3. The van der Waals surface area contributed by atoms with Crippen molar-refractivity contribution in [3.05, 3.63) is 29.3 Å². The van der Waals surface area contributed by atoms with E-state index in [1.165, 1.54) is 0 Å². The third-order valence-electron chi connectivity index (χ3n) is 2.93. The molecule has 0 spiro atoms. The summed E-state index contributed by atoms with van der Waals surface area (Å²) in [7, 11) is 4.04. The second kappa shape index (κ2) is 4.14. The molecular weight excluding hydrogens is 206 g/mol. The van der Waals surface area contributed by atoms with Gasteiger partial charge in [0.1, 0.15) is 12.4 Å². The van der Waals surface area contributed by atoms with E-state index in [1.54, 1.807) is 12.1 Å². The molecule has 1 aliphatic heterocycles. The first-order valence-corrected chi connectivity index (χ1v) is 5.23. The number of hydrogen-bond acceptors (Lipinski definition) is 3. The van der Waals surface area contributed by atoms with E-state index in [-0.39, 0.29) is 5.56 Å². The molecule has 0 amide bonds. The van der Waals surface area contributed by atoms with Gasteiger partial charge in [0.15, 0.2) is 0 Å². The number of aromatic carboxylic acids is 1. The van der Waals surface area contributed by atoms with E-state index >= 15 is 0 Å². The summed E-state index contributed by atoms with van der Waals surface area (Å²) in [5.41, 5.74) is 1.36. The molecule has 0 saturated heterocycles. The number of likely N-dealkylation sites (N-methyl/N-ethyl adjacent to an activating group) is 1. The van der Waals surface area contributed by atoms with Crippen LogP contribution in [0.1, 0.15) is 15.9 Å². The van der Waals surface area contributed by atoms with Crippen molar-refractivity contribution in [2.75, 3.05) is 20.7 Å². The SMILES string of the molecule is CN(C)C1COc2cc(C(=O)O)ccc2C1. The molecule has 4 nitrogen and oxygen atoms in total. The summed E-state index contributed by atoms with van der Waals surface area (Å²) in [6.45, 7) is 0.614. The lowest BCUT2D eigenvalue weighted by Gasteiger charge is -2.30. The van der Waals surface area contributed by atoms with Crippen LogP contribution in [-0.4, -0.2) is 42.7 Å². The van der Waals surface area contributed by atoms with Crippen LogP contribution < -0.4 is 4.74 Å². The number of carboxylic acids is 1. The van der Waals surface area contributed by atoms with Gasteiger partial charge in [-0.15, -0.1) is 0 Å². The Morgan fingerprint density at radius 2 is 2.25 bits per heavy atom. The van der Waals surface area contributed by atoms with Crippen molar-refractivity contribution in [2.45, 2.75) is 12.5 Å². The first-order valence-electron chi connectivity index (χ1n) is 5.23. The fourth-order valence-electron chi connectivity index (χ4n) is 1.82. The third-order valence-corrected chi connectivity index (χ3v) is 2.93. The summed E-state index contributed by atoms with van der Waals surface area (Å²) in [6, 6.07) is 5.43. The number of fused-ring (bicyclic) bond motifs is 1. The number of carboxylic acid groups (broad SMARTS) is 1. The Labute approximate surface area is 94.4 Å². The predicted molar refractivity (Wildman–Crippen MR) is 60.1 cm³/mol. The first-order chi connectivity index (χ1) is 7.58. The molecule has 1 aromatic rings. The Morgan fingerprint density at radius 1 is 1.50 bits per heavy atom. The molecule has 4 heteroatoms. The fourth-order valence-corrected chi connectivity index (χ4v) is 1.82. The number of hydrogen-bond donors (Lipinski definition) is 1. The van der Waals surface area contributed by atoms with Crippen molar-refractivity contribution < 1.29 is 14.6 Å². The summed E-state index contributed by atoms with van der Waals surface area (Å²) in [4.78, 5) is 12.9. The summed E-state index contributed by atoms with van der Waals surface area (Å²) < 4.78 is 5.58. The summed E-state index contributed by atoms with van der Waals surface area (Å²) in [5, 5.41) is 8.86. The predicted octanol–water partition coefficient (Wildman–Crippen LogP) is 1.25. The standard InChI is InChI=1S/C12H15NO3/c1-13(2)10-5-8-3-4-9(12(14)15)6-11(8)16-7-10/h3-4,6,10H,5,7H2,1-2H3,(H,14,15). The van der Waals surface area contributed by atoms with E-state index < -0.39 is 5.97 Å². The normalized spacial score (nSPS) is 19.1. The van der Waals surface area contributed by atoms with Crippen LogP contribution in [0.2, 0.25) is 0 Å². The number of benzene rings is 1. The highest BCUT2D eigenvalue weighted by atomic mass is 16.5. The second-order valence-electron chi connectivity index (χ2n) is 4.26. The molecule has 1 N–H and O–H groups in total. The quantitative estimate of drug-likeness (QED) is 0.816. The number of ether oxygens (including phenoxy) is 1. The van der Waals surface area contributed by atoms with Gasteiger partial charge in [-0.25, -0.2) is 4.79 Å². The molecule has 0 saturated carbocycles. The van der Waals surface area contributed by atoms with Gasteiger partial charge in [0, 0.05) is 6.04 Å². The lowest BCUT2D eigenvalue weighted by Crippen LogP contribution is -2.38. The van der Waals surface area contributed by atoms with Gasteiger partial charge in [0.2, 0.25) is 0 Å². The van der Waals surface area contributed by atoms with Gasteiger partial charge in [-0.2, -0.15) is 0 Å². The smallest absolute Gasteiger partial charge is 0.335 e. The number of nitrogens with zero attached hydrogens (tertiary/aromatic N) is 1. The molecule has 0 aromatic heterocycles. The summed E-state index contributed by atoms with van der Waals surface area (Å²) >= 11 is 0. The fraction of sp³-hybridized carbons (Fsp3) is 0.417. The molecule has 86 valence electrons. The zero-order valence-electron chi connectivity index (χ0n) is 9.43. The van der Waals surface area contributed by atoms with Crippen LogP contribution in [0.3, 0.4) is 0 Å². The topological polar surface area (TPSA) is 49.8 Å². The molecule has 0 fully saturated rings. The Balaban J connectivity index is 2.25. The van der Waals surface area contributed by atoms with Crippen molar-refractivity contribution in [3.8, 4) is 5.75 Å². The molecule has 1 unspecified atom stereocenters. The van der Waals surface area contributed by atoms with Gasteiger partial charge in [0.05, 0.1) is 5.56 Å². The Kier molecular flexibility index (Phi) is 2.83. The van der Waals surface area contributed by atoms with E-state index in [0.717, 1.165) is 12.0 Å². The molecule has 0 aliphatic carbocycles. The van der Waals surface area contributed by atoms with Gasteiger partial charge in [-0.1, -0.05) is 6.07 Å². The van der Waals surface area contributed by atoms with Gasteiger partial charge >= 0.3 is 5.97 Å². The van der Waals surface area contributed by atoms with Crippen LogP contribution in [0, 0.1) is 0 Å². The molecule has 1 heterocycles. The highest BCUT2D eigenvalue weighted by Gasteiger charge is 2.22. The minimum atomic E-state index is -0.916. The van der Waals surface area contributed by atoms with Crippen molar-refractivity contribution in [1.29, 1.82) is 0 Å². The molecule has 16 heavy (non-hydrogen) atoms. The zero-order chi connectivity index (χ0) is 11.7. The minimum Gasteiger partial charge on any atom is -0.492 e. The minimum absolute atomic E-state index is 0.280. The van der Waals surface area contributed by atoms with Crippen LogP contribution in [0.15, 0.2) is 18.2 Å². The van der Waals surface area contributed by atoms with E-state index in [9.17, 15) is 4.79 Å². The highest BCUT2D eigenvalue weighted by Crippen LogP contribution is 2.27. The van der Waals surface area contributed by atoms with Crippen molar-refractivity contribution in [2.24, 2.45) is 0 Å². The molecule has 0 bridgehead atoms. The van der Waals surface area contributed by atoms with Gasteiger partial charge in [-0.05, 0) is 38.2 Å². The van der Waals surface area contributed by atoms with E-state index in [0.29, 0.717) is 18.4 Å². The molecule has 1 aliphatic rings. The van der Waals surface area contributed by atoms with E-state index in [4.69, 9.17) is 9.84 Å². The Bertz CT molecular complexity index is 415. The first kappa shape index (κ1) is 11.0. The lowest BCUT2D eigenvalue weighted by atomic mass is 10.0. The maximum Gasteiger partial charge on any atom is 0.335 e. The lowest BCUT2D eigenvalue weighted by molar-refractivity contribution is 0.0696. The highest BCUT2D eigenvalue weighted by molar-refractivity contribution is 5.88. The summed E-state index contributed by atoms with van der Waals surface area (Å²) in [5.74, 6) is -0.209. The number of carbonyl (C=O) groups is 1. The molecule has 1 aromatic carbocycles. The van der Waals surface area contributed by atoms with E-state index in [2.05, 4.69) is 4.90 Å². The van der Waals surface area contributed by atoms with Gasteiger partial charge in [0.25, 0.3) is 0 Å². The maximum atomic E-state index is 10.8. The Hall–Kier alpha value is -1.55. The molecule has 2 rings (SSSR count). The van der Waals surface area contributed by atoms with Gasteiger partial charge < -0.3 is 14.7 Å². The monoisotopic (exact) mass is 221 g/mol. The van der Waals surface area contributed by atoms with Crippen LogP contribution in [0.4, 0.5) is 0 Å². The summed E-state index contributed by atoms with van der Waals surface area (Å²) in [6.07, 6.45) is 0.905.